The van der Waals surface area contributed by atoms with Gasteiger partial charge in [-0.3, -0.25) is 14.2 Å². The van der Waals surface area contributed by atoms with E-state index >= 15 is 0 Å². The Bertz CT molecular complexity index is 993. The van der Waals surface area contributed by atoms with E-state index in [-0.39, 0.29) is 11.7 Å². The minimum Gasteiger partial charge on any atom is -0.473 e. The van der Waals surface area contributed by atoms with Crippen molar-refractivity contribution in [2.75, 3.05) is 18.0 Å². The van der Waals surface area contributed by atoms with Crippen molar-refractivity contribution >= 4 is 11.5 Å². The zero-order chi connectivity index (χ0) is 18.1. The van der Waals surface area contributed by atoms with Gasteiger partial charge in [-0.15, -0.1) is 0 Å². The molecule has 7 heteroatoms. The SMILES string of the molecule is Cc1cnc(C)c(OC2CCN(c3cc(=O)n4ccccc4n3)CC2)n1. The van der Waals surface area contributed by atoms with Gasteiger partial charge in [0, 0.05) is 44.4 Å². The lowest BCUT2D eigenvalue weighted by Gasteiger charge is -2.32. The van der Waals surface area contributed by atoms with Crippen LogP contribution in [0.25, 0.3) is 5.65 Å². The van der Waals surface area contributed by atoms with E-state index in [0.29, 0.717) is 11.5 Å². The van der Waals surface area contributed by atoms with Gasteiger partial charge in [0.05, 0.1) is 11.4 Å². The summed E-state index contributed by atoms with van der Waals surface area (Å²) in [7, 11) is 0. The number of piperidine rings is 1. The van der Waals surface area contributed by atoms with Gasteiger partial charge < -0.3 is 9.64 Å². The zero-order valence-electron chi connectivity index (χ0n) is 14.9. The van der Waals surface area contributed by atoms with Gasteiger partial charge in [0.2, 0.25) is 5.88 Å². The molecule has 0 spiro atoms. The molecule has 3 aromatic heterocycles. The second-order valence-corrected chi connectivity index (χ2v) is 6.59. The number of pyridine rings is 1. The van der Waals surface area contributed by atoms with E-state index in [1.807, 2.05) is 32.0 Å². The van der Waals surface area contributed by atoms with Gasteiger partial charge >= 0.3 is 0 Å². The van der Waals surface area contributed by atoms with Crippen molar-refractivity contribution in [1.29, 1.82) is 0 Å². The molecule has 4 heterocycles. The Morgan fingerprint density at radius 1 is 1.15 bits per heavy atom. The number of nitrogens with zero attached hydrogens (tertiary/aromatic N) is 5. The second kappa shape index (κ2) is 6.74. The van der Waals surface area contributed by atoms with Crippen LogP contribution >= 0.6 is 0 Å². The number of hydrogen-bond acceptors (Lipinski definition) is 6. The highest BCUT2D eigenvalue weighted by molar-refractivity contribution is 5.48. The van der Waals surface area contributed by atoms with Gasteiger partial charge in [-0.05, 0) is 26.0 Å². The van der Waals surface area contributed by atoms with Gasteiger partial charge in [-0.25, -0.2) is 9.97 Å². The van der Waals surface area contributed by atoms with Crippen LogP contribution in [0.15, 0.2) is 41.5 Å². The van der Waals surface area contributed by atoms with Gasteiger partial charge in [0.25, 0.3) is 5.56 Å². The molecule has 4 rings (SSSR count). The minimum absolute atomic E-state index is 0.0605. The summed E-state index contributed by atoms with van der Waals surface area (Å²) in [5, 5.41) is 0. The third-order valence-electron chi connectivity index (χ3n) is 4.63. The molecule has 134 valence electrons. The summed E-state index contributed by atoms with van der Waals surface area (Å²) in [5.74, 6) is 1.34. The molecule has 26 heavy (non-hydrogen) atoms. The van der Waals surface area contributed by atoms with Crippen LogP contribution in [0.5, 0.6) is 5.88 Å². The Labute approximate surface area is 151 Å². The highest BCUT2D eigenvalue weighted by Crippen LogP contribution is 2.22. The molecule has 0 radical (unpaired) electrons. The molecule has 1 aliphatic rings. The lowest BCUT2D eigenvalue weighted by molar-refractivity contribution is 0.161. The van der Waals surface area contributed by atoms with Crippen molar-refractivity contribution in [3.8, 4) is 5.88 Å². The molecule has 0 bridgehead atoms. The van der Waals surface area contributed by atoms with Crippen molar-refractivity contribution in [3.05, 3.63) is 58.4 Å². The van der Waals surface area contributed by atoms with E-state index in [4.69, 9.17) is 4.74 Å². The number of rotatable bonds is 3. The first-order valence-corrected chi connectivity index (χ1v) is 8.80. The van der Waals surface area contributed by atoms with Crippen LogP contribution in [0.2, 0.25) is 0 Å². The number of hydrogen-bond donors (Lipinski definition) is 0. The van der Waals surface area contributed by atoms with Crippen molar-refractivity contribution in [2.45, 2.75) is 32.8 Å². The van der Waals surface area contributed by atoms with Crippen molar-refractivity contribution in [3.63, 3.8) is 0 Å². The molecule has 1 aliphatic heterocycles. The second-order valence-electron chi connectivity index (χ2n) is 6.59. The van der Waals surface area contributed by atoms with Crippen LogP contribution in [0, 0.1) is 13.8 Å². The first-order chi connectivity index (χ1) is 12.6. The summed E-state index contributed by atoms with van der Waals surface area (Å²) in [6.45, 7) is 5.39. The molecule has 3 aromatic rings. The molecule has 0 N–H and O–H groups in total. The molecule has 0 saturated carbocycles. The summed E-state index contributed by atoms with van der Waals surface area (Å²) in [5.41, 5.74) is 2.26. The molecule has 1 saturated heterocycles. The third kappa shape index (κ3) is 3.24. The highest BCUT2D eigenvalue weighted by atomic mass is 16.5. The lowest BCUT2D eigenvalue weighted by Crippen LogP contribution is -2.39. The van der Waals surface area contributed by atoms with Gasteiger partial charge in [0.1, 0.15) is 17.6 Å². The topological polar surface area (TPSA) is 72.6 Å². The predicted octanol–water partition coefficient (Wildman–Crippen LogP) is 2.15. The number of aromatic nitrogens is 4. The average molecular weight is 351 g/mol. The fourth-order valence-corrected chi connectivity index (χ4v) is 3.19. The van der Waals surface area contributed by atoms with Crippen LogP contribution in [0.1, 0.15) is 24.2 Å². The van der Waals surface area contributed by atoms with Crippen molar-refractivity contribution < 1.29 is 4.74 Å². The highest BCUT2D eigenvalue weighted by Gasteiger charge is 2.23. The number of fused-ring (bicyclic) bond motifs is 1. The maximum atomic E-state index is 12.3. The van der Waals surface area contributed by atoms with E-state index in [0.717, 1.165) is 43.1 Å². The molecule has 0 amide bonds. The Balaban J connectivity index is 1.47. The molecular formula is C19H21N5O2. The first kappa shape index (κ1) is 16.5. The standard InChI is InChI=1S/C19H21N5O2/c1-13-12-20-14(2)19(21-13)26-15-6-9-23(10-7-15)17-11-18(25)24-8-4-3-5-16(24)22-17/h3-5,8,11-12,15H,6-7,9-10H2,1-2H3. The zero-order valence-corrected chi connectivity index (χ0v) is 14.9. The summed E-state index contributed by atoms with van der Waals surface area (Å²) < 4.78 is 7.61. The van der Waals surface area contributed by atoms with E-state index in [2.05, 4.69) is 19.9 Å². The quantitative estimate of drug-likeness (QED) is 0.720. The summed E-state index contributed by atoms with van der Waals surface area (Å²) >= 11 is 0. The Morgan fingerprint density at radius 2 is 1.96 bits per heavy atom. The fourth-order valence-electron chi connectivity index (χ4n) is 3.19. The third-order valence-corrected chi connectivity index (χ3v) is 4.63. The Hall–Kier alpha value is -2.96. The average Bonchev–Trinajstić information content (AvgIpc) is 2.65. The normalized spacial score (nSPS) is 15.4. The van der Waals surface area contributed by atoms with Crippen LogP contribution in [0.3, 0.4) is 0 Å². The minimum atomic E-state index is -0.0605. The fraction of sp³-hybridized carbons (Fsp3) is 0.368. The lowest BCUT2D eigenvalue weighted by atomic mass is 10.1. The molecule has 0 unspecified atom stereocenters. The van der Waals surface area contributed by atoms with E-state index in [9.17, 15) is 4.79 Å². The van der Waals surface area contributed by atoms with Crippen LogP contribution < -0.4 is 15.2 Å². The van der Waals surface area contributed by atoms with Crippen LogP contribution in [-0.4, -0.2) is 38.5 Å². The molecule has 7 nitrogen and oxygen atoms in total. The maximum absolute atomic E-state index is 12.3. The largest absolute Gasteiger partial charge is 0.473 e. The van der Waals surface area contributed by atoms with Crippen LogP contribution in [-0.2, 0) is 0 Å². The Kier molecular flexibility index (Phi) is 4.28. The number of anilines is 1. The maximum Gasteiger partial charge on any atom is 0.259 e. The number of aryl methyl sites for hydroxylation is 2. The molecular weight excluding hydrogens is 330 g/mol. The van der Waals surface area contributed by atoms with E-state index in [1.54, 1.807) is 22.9 Å². The predicted molar refractivity (Wildman–Crippen MR) is 98.8 cm³/mol. The Morgan fingerprint density at radius 3 is 2.77 bits per heavy atom. The van der Waals surface area contributed by atoms with Crippen LogP contribution in [0.4, 0.5) is 5.82 Å². The molecule has 1 fully saturated rings. The monoisotopic (exact) mass is 351 g/mol. The van der Waals surface area contributed by atoms with Gasteiger partial charge in [-0.2, -0.15) is 0 Å². The summed E-state index contributed by atoms with van der Waals surface area (Å²) in [6, 6.07) is 7.16. The van der Waals surface area contributed by atoms with E-state index in [1.165, 1.54) is 0 Å². The van der Waals surface area contributed by atoms with Gasteiger partial charge in [0.15, 0.2) is 0 Å². The summed E-state index contributed by atoms with van der Waals surface area (Å²) in [6.07, 6.45) is 5.28. The van der Waals surface area contributed by atoms with Gasteiger partial charge in [-0.1, -0.05) is 6.07 Å². The molecule has 0 aromatic carbocycles. The molecule has 0 aliphatic carbocycles. The van der Waals surface area contributed by atoms with E-state index < -0.39 is 0 Å². The molecule has 0 atom stereocenters. The number of ether oxygens (including phenoxy) is 1. The smallest absolute Gasteiger partial charge is 0.259 e. The first-order valence-electron chi connectivity index (χ1n) is 8.80. The van der Waals surface area contributed by atoms with Crippen molar-refractivity contribution in [2.24, 2.45) is 0 Å². The van der Waals surface area contributed by atoms with Crippen molar-refractivity contribution in [1.82, 2.24) is 19.4 Å². The summed E-state index contributed by atoms with van der Waals surface area (Å²) in [4.78, 5) is 27.8.